The molecule has 1 unspecified atom stereocenters. The van der Waals surface area contributed by atoms with Crippen LogP contribution < -0.4 is 10.1 Å². The lowest BCUT2D eigenvalue weighted by atomic mass is 9.98. The molecule has 1 N–H and O–H groups in total. The molecule has 5 heteroatoms. The van der Waals surface area contributed by atoms with Crippen LogP contribution in [-0.4, -0.2) is 37.4 Å². The Balaban J connectivity index is 2.06. The first kappa shape index (κ1) is 19.5. The van der Waals surface area contributed by atoms with E-state index in [0.717, 1.165) is 17.7 Å². The molecule has 0 aromatic heterocycles. The van der Waals surface area contributed by atoms with Crippen molar-refractivity contribution in [3.05, 3.63) is 59.7 Å². The number of carbonyl (C=O) groups is 2. The average Bonchev–Trinajstić information content (AvgIpc) is 2.65. The zero-order chi connectivity index (χ0) is 19.1. The Morgan fingerprint density at radius 1 is 1.08 bits per heavy atom. The van der Waals surface area contributed by atoms with Crippen LogP contribution in [0.2, 0.25) is 0 Å². The molecular weight excluding hydrogens is 328 g/mol. The van der Waals surface area contributed by atoms with Gasteiger partial charge in [0.1, 0.15) is 5.75 Å². The summed E-state index contributed by atoms with van der Waals surface area (Å²) < 4.78 is 5.73. The van der Waals surface area contributed by atoms with E-state index < -0.39 is 0 Å². The predicted molar refractivity (Wildman–Crippen MR) is 104 cm³/mol. The number of carbonyl (C=O) groups excluding carboxylic acids is 2. The summed E-state index contributed by atoms with van der Waals surface area (Å²) in [6.45, 7) is 4.14. The maximum atomic E-state index is 12.3. The molecule has 2 rings (SSSR count). The molecule has 0 saturated heterocycles. The van der Waals surface area contributed by atoms with Crippen molar-refractivity contribution < 1.29 is 14.3 Å². The van der Waals surface area contributed by atoms with E-state index in [-0.39, 0.29) is 18.4 Å². The third-order valence-electron chi connectivity index (χ3n) is 4.26. The monoisotopic (exact) mass is 354 g/mol. The van der Waals surface area contributed by atoms with Crippen LogP contribution in [0.1, 0.15) is 42.1 Å². The molecule has 0 saturated carbocycles. The molecule has 26 heavy (non-hydrogen) atoms. The maximum Gasteiger partial charge on any atom is 0.262 e. The van der Waals surface area contributed by atoms with Gasteiger partial charge >= 0.3 is 0 Å². The molecule has 2 amide bonds. The maximum absolute atomic E-state index is 12.3. The van der Waals surface area contributed by atoms with Crippen LogP contribution in [0.15, 0.2) is 48.5 Å². The highest BCUT2D eigenvalue weighted by atomic mass is 16.5. The topological polar surface area (TPSA) is 58.6 Å². The van der Waals surface area contributed by atoms with E-state index >= 15 is 0 Å². The van der Waals surface area contributed by atoms with Gasteiger partial charge in [-0.1, -0.05) is 44.2 Å². The molecule has 1 atom stereocenters. The Kier molecular flexibility index (Phi) is 6.78. The number of ether oxygens (including phenoxy) is 1. The standard InChI is InChI=1S/C21H26N2O3/c1-5-15(2)16-10-7-9-13-19(16)26-14-20(24)22-18-12-8-6-11-17(18)21(25)23(3)4/h6-13,15H,5,14H2,1-4H3,(H,22,24). The Bertz CT molecular complexity index is 771. The molecule has 0 aliphatic rings. The molecule has 0 aliphatic carbocycles. The van der Waals surface area contributed by atoms with Crippen LogP contribution in [0.25, 0.3) is 0 Å². The highest BCUT2D eigenvalue weighted by Gasteiger charge is 2.15. The fraction of sp³-hybridized carbons (Fsp3) is 0.333. The van der Waals surface area contributed by atoms with Gasteiger partial charge in [-0.15, -0.1) is 0 Å². The summed E-state index contributed by atoms with van der Waals surface area (Å²) in [5, 5.41) is 2.77. The normalized spacial score (nSPS) is 11.5. The highest BCUT2D eigenvalue weighted by molar-refractivity contribution is 6.03. The summed E-state index contributed by atoms with van der Waals surface area (Å²) in [5.74, 6) is 0.606. The van der Waals surface area contributed by atoms with Crippen molar-refractivity contribution in [3.63, 3.8) is 0 Å². The largest absolute Gasteiger partial charge is 0.483 e. The lowest BCUT2D eigenvalue weighted by Crippen LogP contribution is -2.25. The van der Waals surface area contributed by atoms with Gasteiger partial charge in [-0.2, -0.15) is 0 Å². The molecule has 0 radical (unpaired) electrons. The lowest BCUT2D eigenvalue weighted by molar-refractivity contribution is -0.118. The van der Waals surface area contributed by atoms with Crippen LogP contribution in [0, 0.1) is 0 Å². The molecule has 0 heterocycles. The van der Waals surface area contributed by atoms with Crippen LogP contribution in [0.5, 0.6) is 5.75 Å². The van der Waals surface area contributed by atoms with Gasteiger partial charge in [0.2, 0.25) is 0 Å². The Morgan fingerprint density at radius 3 is 2.42 bits per heavy atom. The van der Waals surface area contributed by atoms with Crippen LogP contribution in [0.4, 0.5) is 5.69 Å². The van der Waals surface area contributed by atoms with E-state index in [1.54, 1.807) is 38.4 Å². The van der Waals surface area contributed by atoms with Gasteiger partial charge in [-0.3, -0.25) is 9.59 Å². The van der Waals surface area contributed by atoms with Crippen LogP contribution in [-0.2, 0) is 4.79 Å². The molecule has 2 aromatic carbocycles. The molecule has 138 valence electrons. The summed E-state index contributed by atoms with van der Waals surface area (Å²) in [4.78, 5) is 26.0. The van der Waals surface area contributed by atoms with Gasteiger partial charge in [0.15, 0.2) is 6.61 Å². The van der Waals surface area contributed by atoms with Crippen molar-refractivity contribution in [1.82, 2.24) is 4.90 Å². The summed E-state index contributed by atoms with van der Waals surface area (Å²) in [6, 6.07) is 14.7. The van der Waals surface area contributed by atoms with E-state index in [9.17, 15) is 9.59 Å². The number of nitrogens with zero attached hydrogens (tertiary/aromatic N) is 1. The van der Waals surface area contributed by atoms with Crippen molar-refractivity contribution >= 4 is 17.5 Å². The molecule has 2 aromatic rings. The smallest absolute Gasteiger partial charge is 0.262 e. The first-order valence-corrected chi connectivity index (χ1v) is 8.76. The molecule has 0 aliphatic heterocycles. The first-order valence-electron chi connectivity index (χ1n) is 8.76. The van der Waals surface area contributed by atoms with Gasteiger partial charge in [0.25, 0.3) is 11.8 Å². The summed E-state index contributed by atoms with van der Waals surface area (Å²) in [5.41, 5.74) is 2.02. The Hall–Kier alpha value is -2.82. The highest BCUT2D eigenvalue weighted by Crippen LogP contribution is 2.28. The second-order valence-corrected chi connectivity index (χ2v) is 6.43. The van der Waals surface area contributed by atoms with Crippen LogP contribution >= 0.6 is 0 Å². The first-order chi connectivity index (χ1) is 12.4. The number of hydrogen-bond acceptors (Lipinski definition) is 3. The lowest BCUT2D eigenvalue weighted by Gasteiger charge is -2.17. The number of para-hydroxylation sites is 2. The van der Waals surface area contributed by atoms with Gasteiger partial charge in [-0.05, 0) is 36.1 Å². The molecule has 0 bridgehead atoms. The summed E-state index contributed by atoms with van der Waals surface area (Å²) in [7, 11) is 3.35. The quantitative estimate of drug-likeness (QED) is 0.820. The number of hydrogen-bond donors (Lipinski definition) is 1. The number of benzene rings is 2. The van der Waals surface area contributed by atoms with E-state index in [2.05, 4.69) is 19.2 Å². The van der Waals surface area contributed by atoms with Crippen molar-refractivity contribution in [2.24, 2.45) is 0 Å². The van der Waals surface area contributed by atoms with Gasteiger partial charge < -0.3 is 15.0 Å². The zero-order valence-corrected chi connectivity index (χ0v) is 15.8. The second kappa shape index (κ2) is 9.04. The second-order valence-electron chi connectivity index (χ2n) is 6.43. The van der Waals surface area contributed by atoms with E-state index in [1.165, 1.54) is 4.90 Å². The third-order valence-corrected chi connectivity index (χ3v) is 4.26. The molecule has 5 nitrogen and oxygen atoms in total. The van der Waals surface area contributed by atoms with Crippen molar-refractivity contribution in [3.8, 4) is 5.75 Å². The zero-order valence-electron chi connectivity index (χ0n) is 15.8. The fourth-order valence-corrected chi connectivity index (χ4v) is 2.59. The minimum absolute atomic E-state index is 0.113. The Morgan fingerprint density at radius 2 is 1.73 bits per heavy atom. The van der Waals surface area contributed by atoms with Gasteiger partial charge in [0, 0.05) is 14.1 Å². The van der Waals surface area contributed by atoms with Gasteiger partial charge in [0.05, 0.1) is 11.3 Å². The SMILES string of the molecule is CCC(C)c1ccccc1OCC(=O)Nc1ccccc1C(=O)N(C)C. The number of rotatable bonds is 7. The predicted octanol–water partition coefficient (Wildman–Crippen LogP) is 3.92. The number of nitrogens with one attached hydrogen (secondary N) is 1. The van der Waals surface area contributed by atoms with E-state index in [0.29, 0.717) is 17.2 Å². The minimum Gasteiger partial charge on any atom is -0.483 e. The Labute approximate surface area is 155 Å². The summed E-state index contributed by atoms with van der Waals surface area (Å²) in [6.07, 6.45) is 0.993. The average molecular weight is 354 g/mol. The van der Waals surface area contributed by atoms with Gasteiger partial charge in [-0.25, -0.2) is 0 Å². The third kappa shape index (κ3) is 4.85. The number of anilines is 1. The number of amides is 2. The molecular formula is C21H26N2O3. The van der Waals surface area contributed by atoms with Crippen molar-refractivity contribution in [2.75, 3.05) is 26.0 Å². The summed E-state index contributed by atoms with van der Waals surface area (Å²) >= 11 is 0. The molecule has 0 spiro atoms. The van der Waals surface area contributed by atoms with E-state index in [1.807, 2.05) is 24.3 Å². The molecule has 0 fully saturated rings. The van der Waals surface area contributed by atoms with Crippen molar-refractivity contribution in [2.45, 2.75) is 26.2 Å². The van der Waals surface area contributed by atoms with Crippen LogP contribution in [0.3, 0.4) is 0 Å². The van der Waals surface area contributed by atoms with Crippen molar-refractivity contribution in [1.29, 1.82) is 0 Å². The minimum atomic E-state index is -0.303. The van der Waals surface area contributed by atoms with E-state index in [4.69, 9.17) is 4.74 Å². The fourth-order valence-electron chi connectivity index (χ4n) is 2.59.